The zero-order valence-corrected chi connectivity index (χ0v) is 10.4. The van der Waals surface area contributed by atoms with Crippen molar-refractivity contribution in [3.05, 3.63) is 30.6 Å². The fourth-order valence-corrected chi connectivity index (χ4v) is 1.37. The van der Waals surface area contributed by atoms with Gasteiger partial charge >= 0.3 is 0 Å². The Labute approximate surface area is 105 Å². The molecule has 2 rings (SSSR count). The molecule has 18 heavy (non-hydrogen) atoms. The number of hydrogen-bond acceptors (Lipinski definition) is 6. The zero-order chi connectivity index (χ0) is 12.8. The van der Waals surface area contributed by atoms with Crippen molar-refractivity contribution in [2.75, 3.05) is 25.6 Å². The molecule has 2 aromatic rings. The van der Waals surface area contributed by atoms with E-state index >= 15 is 0 Å². The van der Waals surface area contributed by atoms with Crippen LogP contribution in [-0.2, 0) is 4.74 Å². The third kappa shape index (κ3) is 3.21. The lowest BCUT2D eigenvalue weighted by atomic mass is 10.2. The summed E-state index contributed by atoms with van der Waals surface area (Å²) < 4.78 is 4.93. The molecule has 0 aromatic carbocycles. The van der Waals surface area contributed by atoms with Gasteiger partial charge in [0.15, 0.2) is 0 Å². The molecule has 0 radical (unpaired) electrons. The van der Waals surface area contributed by atoms with Crippen LogP contribution in [0.5, 0.6) is 0 Å². The number of nitrogens with zero attached hydrogens (tertiary/aromatic N) is 4. The molecule has 0 saturated carbocycles. The fourth-order valence-electron chi connectivity index (χ4n) is 1.37. The number of anilines is 1. The Balaban J connectivity index is 2.05. The second-order valence-corrected chi connectivity index (χ2v) is 3.73. The second kappa shape index (κ2) is 6.02. The fraction of sp³-hybridized carbons (Fsp3) is 0.333. The van der Waals surface area contributed by atoms with Gasteiger partial charge in [0.25, 0.3) is 0 Å². The van der Waals surface area contributed by atoms with Crippen LogP contribution >= 0.6 is 0 Å². The molecule has 0 aliphatic rings. The summed E-state index contributed by atoms with van der Waals surface area (Å²) in [5.41, 5.74) is 1.80. The SMILES string of the molecule is COCCNc1ncc(-c2cnc(C)nc2)cn1. The molecule has 2 aromatic heterocycles. The monoisotopic (exact) mass is 245 g/mol. The van der Waals surface area contributed by atoms with Gasteiger partial charge in [-0.05, 0) is 6.92 Å². The molecule has 94 valence electrons. The molecular weight excluding hydrogens is 230 g/mol. The number of aryl methyl sites for hydroxylation is 1. The number of nitrogens with one attached hydrogen (secondary N) is 1. The van der Waals surface area contributed by atoms with Gasteiger partial charge in [-0.1, -0.05) is 0 Å². The van der Waals surface area contributed by atoms with Gasteiger partial charge in [-0.3, -0.25) is 0 Å². The standard InChI is InChI=1S/C12H15N5O/c1-9-14-5-10(6-15-9)11-7-16-12(17-8-11)13-3-4-18-2/h5-8H,3-4H2,1-2H3,(H,13,16,17). The van der Waals surface area contributed by atoms with Gasteiger partial charge in [-0.2, -0.15) is 0 Å². The normalized spacial score (nSPS) is 10.3. The van der Waals surface area contributed by atoms with Gasteiger partial charge in [-0.25, -0.2) is 19.9 Å². The third-order valence-corrected chi connectivity index (χ3v) is 2.36. The van der Waals surface area contributed by atoms with Crippen LogP contribution in [-0.4, -0.2) is 40.2 Å². The topological polar surface area (TPSA) is 72.8 Å². The maximum Gasteiger partial charge on any atom is 0.222 e. The predicted octanol–water partition coefficient (Wildman–Crippen LogP) is 1.30. The molecule has 0 spiro atoms. The van der Waals surface area contributed by atoms with E-state index in [1.165, 1.54) is 0 Å². The predicted molar refractivity (Wildman–Crippen MR) is 68.2 cm³/mol. The number of methoxy groups -OCH3 is 1. The first kappa shape index (κ1) is 12.4. The summed E-state index contributed by atoms with van der Waals surface area (Å²) in [7, 11) is 1.66. The Morgan fingerprint density at radius 3 is 2.11 bits per heavy atom. The van der Waals surface area contributed by atoms with Gasteiger partial charge < -0.3 is 10.1 Å². The average molecular weight is 245 g/mol. The second-order valence-electron chi connectivity index (χ2n) is 3.73. The summed E-state index contributed by atoms with van der Waals surface area (Å²) in [5, 5.41) is 3.05. The van der Waals surface area contributed by atoms with E-state index in [0.29, 0.717) is 19.1 Å². The van der Waals surface area contributed by atoms with E-state index in [0.717, 1.165) is 17.0 Å². The lowest BCUT2D eigenvalue weighted by molar-refractivity contribution is 0.210. The molecule has 0 atom stereocenters. The van der Waals surface area contributed by atoms with E-state index < -0.39 is 0 Å². The zero-order valence-electron chi connectivity index (χ0n) is 10.4. The van der Waals surface area contributed by atoms with Crippen LogP contribution < -0.4 is 5.32 Å². The summed E-state index contributed by atoms with van der Waals surface area (Å²) in [6.07, 6.45) is 7.02. The summed E-state index contributed by atoms with van der Waals surface area (Å²) in [6.45, 7) is 3.16. The minimum atomic E-state index is 0.587. The lowest BCUT2D eigenvalue weighted by Gasteiger charge is -2.04. The Morgan fingerprint density at radius 1 is 1.00 bits per heavy atom. The Hall–Kier alpha value is -2.08. The highest BCUT2D eigenvalue weighted by molar-refractivity contribution is 5.59. The van der Waals surface area contributed by atoms with E-state index in [1.54, 1.807) is 31.9 Å². The van der Waals surface area contributed by atoms with Crippen LogP contribution in [0.2, 0.25) is 0 Å². The first-order chi connectivity index (χ1) is 8.79. The molecule has 0 amide bonds. The first-order valence-corrected chi connectivity index (χ1v) is 5.63. The van der Waals surface area contributed by atoms with Crippen LogP contribution in [0.25, 0.3) is 11.1 Å². The molecule has 6 nitrogen and oxygen atoms in total. The van der Waals surface area contributed by atoms with Crippen molar-refractivity contribution in [1.29, 1.82) is 0 Å². The van der Waals surface area contributed by atoms with Crippen LogP contribution in [0.15, 0.2) is 24.8 Å². The molecule has 0 bridgehead atoms. The van der Waals surface area contributed by atoms with Crippen LogP contribution in [0.1, 0.15) is 5.82 Å². The largest absolute Gasteiger partial charge is 0.383 e. The van der Waals surface area contributed by atoms with Crippen molar-refractivity contribution < 1.29 is 4.74 Å². The van der Waals surface area contributed by atoms with Crippen LogP contribution in [0, 0.1) is 6.92 Å². The highest BCUT2D eigenvalue weighted by Gasteiger charge is 2.01. The molecule has 0 fully saturated rings. The number of ether oxygens (including phenoxy) is 1. The maximum absolute atomic E-state index is 4.93. The van der Waals surface area contributed by atoms with Gasteiger partial charge in [0.2, 0.25) is 5.95 Å². The van der Waals surface area contributed by atoms with Crippen LogP contribution in [0.4, 0.5) is 5.95 Å². The van der Waals surface area contributed by atoms with Crippen molar-refractivity contribution in [2.24, 2.45) is 0 Å². The molecule has 0 aliphatic heterocycles. The smallest absolute Gasteiger partial charge is 0.222 e. The molecule has 0 unspecified atom stereocenters. The van der Waals surface area contributed by atoms with Gasteiger partial charge in [-0.15, -0.1) is 0 Å². The quantitative estimate of drug-likeness (QED) is 0.800. The summed E-state index contributed by atoms with van der Waals surface area (Å²) in [6, 6.07) is 0. The number of hydrogen-bond donors (Lipinski definition) is 1. The van der Waals surface area contributed by atoms with E-state index in [2.05, 4.69) is 25.3 Å². The average Bonchev–Trinajstić information content (AvgIpc) is 2.41. The summed E-state index contributed by atoms with van der Waals surface area (Å²) in [4.78, 5) is 16.7. The van der Waals surface area contributed by atoms with Crippen molar-refractivity contribution in [2.45, 2.75) is 6.92 Å². The highest BCUT2D eigenvalue weighted by atomic mass is 16.5. The van der Waals surface area contributed by atoms with Crippen molar-refractivity contribution in [1.82, 2.24) is 19.9 Å². The molecule has 1 N–H and O–H groups in total. The van der Waals surface area contributed by atoms with Crippen molar-refractivity contribution >= 4 is 5.95 Å². The first-order valence-electron chi connectivity index (χ1n) is 5.63. The molecular formula is C12H15N5O. The van der Waals surface area contributed by atoms with Crippen molar-refractivity contribution in [3.8, 4) is 11.1 Å². The molecule has 0 aliphatic carbocycles. The summed E-state index contributed by atoms with van der Waals surface area (Å²) >= 11 is 0. The minimum Gasteiger partial charge on any atom is -0.383 e. The van der Waals surface area contributed by atoms with E-state index in [-0.39, 0.29) is 0 Å². The lowest BCUT2D eigenvalue weighted by Crippen LogP contribution is -2.09. The van der Waals surface area contributed by atoms with E-state index in [1.807, 2.05) is 6.92 Å². The number of aromatic nitrogens is 4. The van der Waals surface area contributed by atoms with Gasteiger partial charge in [0.1, 0.15) is 5.82 Å². The molecule has 6 heteroatoms. The van der Waals surface area contributed by atoms with E-state index in [9.17, 15) is 0 Å². The van der Waals surface area contributed by atoms with Gasteiger partial charge in [0.05, 0.1) is 6.61 Å². The van der Waals surface area contributed by atoms with Gasteiger partial charge in [0, 0.05) is 49.6 Å². The summed E-state index contributed by atoms with van der Waals surface area (Å²) in [5.74, 6) is 1.33. The number of rotatable bonds is 5. The third-order valence-electron chi connectivity index (χ3n) is 2.36. The van der Waals surface area contributed by atoms with Crippen LogP contribution in [0.3, 0.4) is 0 Å². The minimum absolute atomic E-state index is 0.587. The Morgan fingerprint density at radius 2 is 1.56 bits per heavy atom. The van der Waals surface area contributed by atoms with Crippen molar-refractivity contribution in [3.63, 3.8) is 0 Å². The Bertz CT molecular complexity index is 483. The maximum atomic E-state index is 4.93. The molecule has 0 saturated heterocycles. The Kier molecular flexibility index (Phi) is 4.14. The molecule has 2 heterocycles. The highest BCUT2D eigenvalue weighted by Crippen LogP contribution is 2.15. The van der Waals surface area contributed by atoms with E-state index in [4.69, 9.17) is 4.74 Å².